The number of ether oxygens (including phenoxy) is 2. The lowest BCUT2D eigenvalue weighted by atomic mass is 9.79. The summed E-state index contributed by atoms with van der Waals surface area (Å²) < 4.78 is 14.2. The van der Waals surface area contributed by atoms with Gasteiger partial charge in [-0.2, -0.15) is 4.98 Å². The maximum Gasteiger partial charge on any atom is 0.354 e. The van der Waals surface area contributed by atoms with Gasteiger partial charge in [0.05, 0.1) is 30.9 Å². The van der Waals surface area contributed by atoms with E-state index in [1.54, 1.807) is 30.3 Å². The second-order valence-electron chi connectivity index (χ2n) is 14.6. The highest BCUT2D eigenvalue weighted by Crippen LogP contribution is 2.45. The van der Waals surface area contributed by atoms with Crippen LogP contribution in [-0.4, -0.2) is 46.5 Å². The summed E-state index contributed by atoms with van der Waals surface area (Å²) in [5.74, 6) is 0.602. The largest absolute Gasteiger partial charge is 0.489 e. The van der Waals surface area contributed by atoms with Crippen molar-refractivity contribution in [2.75, 3.05) is 18.5 Å². The van der Waals surface area contributed by atoms with E-state index in [2.05, 4.69) is 24.1 Å². The third kappa shape index (κ3) is 7.91. The zero-order valence-electron chi connectivity index (χ0n) is 29.8. The minimum Gasteiger partial charge on any atom is -0.489 e. The van der Waals surface area contributed by atoms with Gasteiger partial charge in [0, 0.05) is 22.7 Å². The van der Waals surface area contributed by atoms with Crippen LogP contribution in [0.3, 0.4) is 0 Å². The lowest BCUT2D eigenvalue weighted by Crippen LogP contribution is -2.65. The minimum absolute atomic E-state index is 0.0634. The van der Waals surface area contributed by atoms with Gasteiger partial charge in [0.1, 0.15) is 5.75 Å². The maximum absolute atomic E-state index is 14.4. The van der Waals surface area contributed by atoms with Crippen LogP contribution >= 0.6 is 23.2 Å². The fraction of sp³-hybridized carbons (Fsp3) is 0.325. The van der Waals surface area contributed by atoms with E-state index in [0.29, 0.717) is 47.5 Å². The number of nitrogens with zero attached hydrogens (tertiary/aromatic N) is 3. The molecule has 272 valence electrons. The fourth-order valence-corrected chi connectivity index (χ4v) is 10.9. The molecule has 1 aromatic heterocycles. The fourth-order valence-electron chi connectivity index (χ4n) is 6.84. The molecule has 0 aliphatic carbocycles. The summed E-state index contributed by atoms with van der Waals surface area (Å²) in [7, 11) is -3.27. The number of hydrogen-bond donors (Lipinski definition) is 2. The van der Waals surface area contributed by atoms with Crippen LogP contribution in [-0.2, 0) is 17.8 Å². The number of hydrogen-bond acceptors (Lipinski definition) is 7. The number of nitrogens with one attached hydrogen (secondary N) is 1. The second kappa shape index (κ2) is 15.4. The number of halogens is 2. The molecule has 5 aromatic rings. The molecule has 0 atom stereocenters. The zero-order chi connectivity index (χ0) is 37.1. The van der Waals surface area contributed by atoms with Crippen LogP contribution in [0.25, 0.3) is 0 Å². The Hall–Kier alpha value is -4.19. The molecule has 0 amide bonds. The molecule has 9 nitrogen and oxygen atoms in total. The van der Waals surface area contributed by atoms with Gasteiger partial charge >= 0.3 is 11.4 Å². The molecule has 1 aliphatic heterocycles. The standard InChI is InChI=1S/C40H44Cl2N4O5Si/c1-28(2)51-35-20-19-31(23-34(35)42)43-36-44-37(47)46(38(48)45(36)24-29-15-17-30(41)18-16-29)25-40(26-50-27-40)22-21-39(3,4)52(49,32-11-7-5-8-12-32)33-13-9-6-10-14-33/h5-20,23,28,49H,21-22,24-27H2,1-4H3,(H,43,44,47). The Morgan fingerprint density at radius 3 is 2.08 bits per heavy atom. The average Bonchev–Trinajstić information content (AvgIpc) is 3.11. The molecule has 1 aliphatic rings. The van der Waals surface area contributed by atoms with Gasteiger partial charge in [-0.1, -0.05) is 110 Å². The lowest BCUT2D eigenvalue weighted by molar-refractivity contribution is -0.129. The van der Waals surface area contributed by atoms with Crippen LogP contribution in [0.5, 0.6) is 5.75 Å². The highest BCUT2D eigenvalue weighted by atomic mass is 35.5. The molecule has 1 fully saturated rings. The minimum atomic E-state index is -3.27. The normalized spacial score (nSPS) is 14.2. The SMILES string of the molecule is CC(C)Oc1ccc(Nc2nc(=O)n(CC3(CCC(C)(C)[Si](O)(c4ccccc4)c4ccccc4)COC3)c(=O)n2Cc2ccc(Cl)cc2)cc1Cl. The van der Waals surface area contributed by atoms with Crippen molar-refractivity contribution in [2.45, 2.75) is 64.8 Å². The maximum atomic E-state index is 14.4. The van der Waals surface area contributed by atoms with Crippen molar-refractivity contribution in [1.29, 1.82) is 0 Å². The van der Waals surface area contributed by atoms with Crippen molar-refractivity contribution in [3.8, 4) is 5.75 Å². The summed E-state index contributed by atoms with van der Waals surface area (Å²) in [4.78, 5) is 45.2. The van der Waals surface area contributed by atoms with E-state index in [0.717, 1.165) is 15.9 Å². The van der Waals surface area contributed by atoms with Crippen molar-refractivity contribution >= 4 is 53.5 Å². The number of aromatic nitrogens is 3. The summed E-state index contributed by atoms with van der Waals surface area (Å²) in [5, 5.41) is 5.44. The van der Waals surface area contributed by atoms with Crippen LogP contribution in [0, 0.1) is 5.41 Å². The third-order valence-corrected chi connectivity index (χ3v) is 15.0. The van der Waals surface area contributed by atoms with E-state index in [1.807, 2.05) is 86.6 Å². The predicted octanol–water partition coefficient (Wildman–Crippen LogP) is 6.62. The summed E-state index contributed by atoms with van der Waals surface area (Å²) >= 11 is 12.7. The average molecular weight is 760 g/mol. The zero-order valence-corrected chi connectivity index (χ0v) is 32.3. The van der Waals surface area contributed by atoms with Crippen molar-refractivity contribution in [3.63, 3.8) is 0 Å². The topological polar surface area (TPSA) is 108 Å². The summed E-state index contributed by atoms with van der Waals surface area (Å²) in [6.07, 6.45) is 1.20. The smallest absolute Gasteiger partial charge is 0.354 e. The van der Waals surface area contributed by atoms with Gasteiger partial charge < -0.3 is 19.6 Å². The predicted molar refractivity (Wildman–Crippen MR) is 210 cm³/mol. The highest BCUT2D eigenvalue weighted by Gasteiger charge is 2.51. The quantitative estimate of drug-likeness (QED) is 0.123. The lowest BCUT2D eigenvalue weighted by Gasteiger charge is -2.46. The Morgan fingerprint density at radius 2 is 1.54 bits per heavy atom. The van der Waals surface area contributed by atoms with Crippen molar-refractivity contribution in [2.24, 2.45) is 5.41 Å². The Bertz CT molecular complexity index is 2080. The van der Waals surface area contributed by atoms with E-state index in [1.165, 1.54) is 9.13 Å². The monoisotopic (exact) mass is 758 g/mol. The molecule has 4 aromatic carbocycles. The summed E-state index contributed by atoms with van der Waals surface area (Å²) in [6.45, 7) is 9.08. The second-order valence-corrected chi connectivity index (χ2v) is 19.3. The Labute approximate surface area is 314 Å². The Balaban J connectivity index is 1.32. The molecule has 12 heteroatoms. The van der Waals surface area contributed by atoms with E-state index in [-0.39, 0.29) is 25.1 Å². The Morgan fingerprint density at radius 1 is 0.923 bits per heavy atom. The van der Waals surface area contributed by atoms with Crippen molar-refractivity contribution in [1.82, 2.24) is 14.1 Å². The van der Waals surface area contributed by atoms with Gasteiger partial charge in [0.15, 0.2) is 0 Å². The van der Waals surface area contributed by atoms with Gasteiger partial charge in [-0.3, -0.25) is 4.57 Å². The van der Waals surface area contributed by atoms with E-state index >= 15 is 0 Å². The van der Waals surface area contributed by atoms with Gasteiger partial charge in [-0.05, 0) is 78.0 Å². The first-order valence-corrected chi connectivity index (χ1v) is 20.1. The molecule has 6 rings (SSSR count). The number of benzene rings is 4. The number of anilines is 2. The molecule has 0 spiro atoms. The first-order valence-electron chi connectivity index (χ1n) is 17.4. The van der Waals surface area contributed by atoms with Crippen LogP contribution in [0.1, 0.15) is 46.1 Å². The molecule has 1 saturated heterocycles. The first-order chi connectivity index (χ1) is 24.8. The van der Waals surface area contributed by atoms with E-state index in [4.69, 9.17) is 32.7 Å². The first kappa shape index (κ1) is 37.6. The van der Waals surface area contributed by atoms with E-state index < -0.39 is 30.2 Å². The molecule has 0 bridgehead atoms. The summed E-state index contributed by atoms with van der Waals surface area (Å²) in [6, 6.07) is 32.1. The van der Waals surface area contributed by atoms with Crippen LogP contribution in [0.2, 0.25) is 15.1 Å². The van der Waals surface area contributed by atoms with Gasteiger partial charge in [-0.25, -0.2) is 14.2 Å². The van der Waals surface area contributed by atoms with Gasteiger partial charge in [-0.15, -0.1) is 0 Å². The molecule has 0 unspecified atom stereocenters. The van der Waals surface area contributed by atoms with Gasteiger partial charge in [0.2, 0.25) is 5.95 Å². The highest BCUT2D eigenvalue weighted by molar-refractivity contribution is 6.98. The molecule has 0 saturated carbocycles. The molecule has 2 N–H and O–H groups in total. The molecular formula is C40H44Cl2N4O5Si. The Kier molecular flexibility index (Phi) is 11.1. The van der Waals surface area contributed by atoms with Crippen LogP contribution in [0.4, 0.5) is 11.6 Å². The molecule has 0 radical (unpaired) electrons. The molecule has 52 heavy (non-hydrogen) atoms. The van der Waals surface area contributed by atoms with Crippen molar-refractivity contribution in [3.05, 3.63) is 140 Å². The number of rotatable bonds is 14. The van der Waals surface area contributed by atoms with Crippen LogP contribution < -0.4 is 31.8 Å². The van der Waals surface area contributed by atoms with Gasteiger partial charge in [0.25, 0.3) is 8.32 Å². The van der Waals surface area contributed by atoms with Crippen molar-refractivity contribution < 1.29 is 14.3 Å². The summed E-state index contributed by atoms with van der Waals surface area (Å²) in [5.41, 5.74) is -0.342. The third-order valence-electron chi connectivity index (χ3n) is 9.91. The molecular weight excluding hydrogens is 715 g/mol. The molecule has 2 heterocycles. The van der Waals surface area contributed by atoms with E-state index in [9.17, 15) is 14.4 Å². The van der Waals surface area contributed by atoms with Crippen LogP contribution in [0.15, 0.2) is 113 Å².